The number of sulfonamides is 1. The minimum Gasteiger partial charge on any atom is -0.211 e. The van der Waals surface area contributed by atoms with Crippen LogP contribution in [-0.2, 0) is 10.0 Å². The Kier molecular flexibility index (Phi) is 4.05. The Morgan fingerprint density at radius 3 is 2.59 bits per heavy atom. The lowest BCUT2D eigenvalue weighted by atomic mass is 10.1. The summed E-state index contributed by atoms with van der Waals surface area (Å²) in [6.45, 7) is 2.34. The Bertz CT molecular complexity index is 520. The van der Waals surface area contributed by atoms with Gasteiger partial charge >= 0.3 is 0 Å². The summed E-state index contributed by atoms with van der Waals surface area (Å²) in [5, 5.41) is 0.856. The summed E-state index contributed by atoms with van der Waals surface area (Å²) < 4.78 is 27.8. The number of aryl methyl sites for hydroxylation is 1. The zero-order valence-corrected chi connectivity index (χ0v) is 14.1. The lowest BCUT2D eigenvalue weighted by molar-refractivity contribution is 0.538. The summed E-state index contributed by atoms with van der Waals surface area (Å²) in [4.78, 5) is 1.20. The summed E-state index contributed by atoms with van der Waals surface area (Å²) in [6.07, 6.45) is 2.18. The Morgan fingerprint density at radius 1 is 1.53 bits per heavy atom. The van der Waals surface area contributed by atoms with Crippen LogP contribution in [0.3, 0.4) is 0 Å². The molecular weight excluding hydrogens is 390 g/mol. The van der Waals surface area contributed by atoms with Crippen molar-refractivity contribution in [1.29, 1.82) is 0 Å². The largest absolute Gasteiger partial charge is 0.241 e. The molecule has 1 aliphatic carbocycles. The van der Waals surface area contributed by atoms with Gasteiger partial charge in [0.05, 0.1) is 8.68 Å². The number of hydrogen-bond donors (Lipinski definition) is 1. The monoisotopic (exact) mass is 401 g/mol. The van der Waals surface area contributed by atoms with Crippen LogP contribution in [0.2, 0.25) is 0 Å². The lowest BCUT2D eigenvalue weighted by Gasteiger charge is -2.12. The molecule has 17 heavy (non-hydrogen) atoms. The molecule has 1 aliphatic rings. The van der Waals surface area contributed by atoms with Crippen molar-refractivity contribution in [3.05, 3.63) is 14.7 Å². The average Bonchev–Trinajstić information content (AvgIpc) is 2.96. The van der Waals surface area contributed by atoms with E-state index in [1.807, 2.05) is 6.92 Å². The van der Waals surface area contributed by atoms with Crippen molar-refractivity contribution >= 4 is 53.2 Å². The van der Waals surface area contributed by atoms with Crippen molar-refractivity contribution in [2.45, 2.75) is 24.7 Å². The Morgan fingerprint density at radius 2 is 2.18 bits per heavy atom. The smallest absolute Gasteiger partial charge is 0.211 e. The molecule has 0 unspecified atom stereocenters. The van der Waals surface area contributed by atoms with Gasteiger partial charge in [0.15, 0.2) is 0 Å². The molecule has 0 bridgehead atoms. The van der Waals surface area contributed by atoms with Gasteiger partial charge in [-0.15, -0.1) is 11.3 Å². The van der Waals surface area contributed by atoms with Gasteiger partial charge in [-0.1, -0.05) is 15.9 Å². The van der Waals surface area contributed by atoms with Crippen molar-refractivity contribution in [2.24, 2.45) is 5.41 Å². The molecule has 0 radical (unpaired) electrons. The molecule has 0 amide bonds. The predicted octanol–water partition coefficient (Wildman–Crippen LogP) is 3.27. The van der Waals surface area contributed by atoms with Gasteiger partial charge in [-0.2, -0.15) is 0 Å². The Labute approximate surface area is 122 Å². The molecule has 1 aromatic rings. The van der Waals surface area contributed by atoms with Gasteiger partial charge in [0.1, 0.15) is 0 Å². The van der Waals surface area contributed by atoms with E-state index in [1.54, 1.807) is 6.07 Å². The van der Waals surface area contributed by atoms with E-state index in [0.29, 0.717) is 11.4 Å². The first-order chi connectivity index (χ1) is 7.88. The fraction of sp³-hybridized carbons (Fsp3) is 0.600. The van der Waals surface area contributed by atoms with Gasteiger partial charge in [0.25, 0.3) is 0 Å². The summed E-state index contributed by atoms with van der Waals surface area (Å²) in [7, 11) is -3.36. The van der Waals surface area contributed by atoms with Crippen molar-refractivity contribution in [2.75, 3.05) is 11.9 Å². The van der Waals surface area contributed by atoms with Crippen molar-refractivity contribution in [3.8, 4) is 0 Å². The molecule has 0 aromatic carbocycles. The van der Waals surface area contributed by atoms with Crippen molar-refractivity contribution < 1.29 is 8.42 Å². The molecule has 96 valence electrons. The first kappa shape index (κ1) is 14.0. The first-order valence-electron chi connectivity index (χ1n) is 5.20. The van der Waals surface area contributed by atoms with Crippen LogP contribution >= 0.6 is 43.2 Å². The number of rotatable bonds is 5. The Balaban J connectivity index is 2.12. The number of alkyl halides is 1. The molecule has 0 atom stereocenters. The standard InChI is InChI=1S/C10H13Br2NO2S2/c1-7-8(4-9(12)16-7)17(14,15)13-6-10(5-11)2-3-10/h4,13H,2-3,5-6H2,1H3. The fourth-order valence-electron chi connectivity index (χ4n) is 1.56. The van der Waals surface area contributed by atoms with Gasteiger partial charge in [-0.3, -0.25) is 0 Å². The maximum atomic E-state index is 12.1. The van der Waals surface area contributed by atoms with Gasteiger partial charge in [0.2, 0.25) is 10.0 Å². The molecule has 3 nitrogen and oxygen atoms in total. The van der Waals surface area contributed by atoms with E-state index in [1.165, 1.54) is 11.3 Å². The van der Waals surface area contributed by atoms with Crippen LogP contribution in [0.25, 0.3) is 0 Å². The highest BCUT2D eigenvalue weighted by Gasteiger charge is 2.42. The third kappa shape index (κ3) is 3.12. The summed E-state index contributed by atoms with van der Waals surface area (Å²) >= 11 is 8.19. The van der Waals surface area contributed by atoms with E-state index in [-0.39, 0.29) is 5.41 Å². The maximum Gasteiger partial charge on any atom is 0.241 e. The summed E-state index contributed by atoms with van der Waals surface area (Å²) in [5.41, 5.74) is 0.147. The molecule has 7 heteroatoms. The third-order valence-corrected chi connectivity index (χ3v) is 7.41. The third-order valence-electron chi connectivity index (χ3n) is 3.01. The van der Waals surface area contributed by atoms with E-state index in [4.69, 9.17) is 0 Å². The van der Waals surface area contributed by atoms with Crippen LogP contribution in [0.1, 0.15) is 17.7 Å². The zero-order valence-electron chi connectivity index (χ0n) is 9.29. The van der Waals surface area contributed by atoms with Crippen LogP contribution in [0.5, 0.6) is 0 Å². The fourth-order valence-corrected chi connectivity index (χ4v) is 5.89. The van der Waals surface area contributed by atoms with E-state index in [2.05, 4.69) is 36.6 Å². The number of nitrogens with one attached hydrogen (secondary N) is 1. The molecule has 1 aromatic heterocycles. The topological polar surface area (TPSA) is 46.2 Å². The first-order valence-corrected chi connectivity index (χ1v) is 9.42. The second-order valence-corrected chi connectivity index (χ2v) is 9.36. The second kappa shape index (κ2) is 4.92. The van der Waals surface area contributed by atoms with Crippen LogP contribution < -0.4 is 4.72 Å². The highest BCUT2D eigenvalue weighted by Crippen LogP contribution is 2.46. The average molecular weight is 403 g/mol. The number of halogens is 2. The summed E-state index contributed by atoms with van der Waals surface area (Å²) in [5.74, 6) is 0. The molecule has 1 heterocycles. The number of thiophene rings is 1. The van der Waals surface area contributed by atoms with E-state index < -0.39 is 10.0 Å². The zero-order chi connectivity index (χ0) is 12.7. The molecule has 2 rings (SSSR count). The summed E-state index contributed by atoms with van der Waals surface area (Å²) in [6, 6.07) is 1.66. The second-order valence-electron chi connectivity index (χ2n) is 4.43. The molecule has 0 spiro atoms. The molecule has 1 N–H and O–H groups in total. The highest BCUT2D eigenvalue weighted by molar-refractivity contribution is 9.11. The maximum absolute atomic E-state index is 12.1. The van der Waals surface area contributed by atoms with Gasteiger partial charge in [0, 0.05) is 16.8 Å². The number of hydrogen-bond acceptors (Lipinski definition) is 3. The SMILES string of the molecule is Cc1sc(Br)cc1S(=O)(=O)NCC1(CBr)CC1. The predicted molar refractivity (Wildman–Crippen MR) is 77.4 cm³/mol. The minimum atomic E-state index is -3.36. The Hall–Kier alpha value is 0.570. The molecule has 1 fully saturated rings. The van der Waals surface area contributed by atoms with Crippen molar-refractivity contribution in [1.82, 2.24) is 4.72 Å². The normalized spacial score (nSPS) is 18.3. The van der Waals surface area contributed by atoms with E-state index >= 15 is 0 Å². The molecular formula is C10H13Br2NO2S2. The minimum absolute atomic E-state index is 0.147. The van der Waals surface area contributed by atoms with Gasteiger partial charge in [-0.25, -0.2) is 13.1 Å². The quantitative estimate of drug-likeness (QED) is 0.768. The molecule has 0 saturated heterocycles. The van der Waals surface area contributed by atoms with Gasteiger partial charge < -0.3 is 0 Å². The highest BCUT2D eigenvalue weighted by atomic mass is 79.9. The molecule has 1 saturated carbocycles. The van der Waals surface area contributed by atoms with Crippen LogP contribution in [0, 0.1) is 12.3 Å². The molecule has 0 aliphatic heterocycles. The van der Waals surface area contributed by atoms with Crippen LogP contribution in [0.15, 0.2) is 14.7 Å². The van der Waals surface area contributed by atoms with Crippen LogP contribution in [0.4, 0.5) is 0 Å². The van der Waals surface area contributed by atoms with Crippen molar-refractivity contribution in [3.63, 3.8) is 0 Å². The van der Waals surface area contributed by atoms with Crippen LogP contribution in [-0.4, -0.2) is 20.3 Å². The van der Waals surface area contributed by atoms with E-state index in [9.17, 15) is 8.42 Å². The lowest BCUT2D eigenvalue weighted by Crippen LogP contribution is -2.31. The van der Waals surface area contributed by atoms with Gasteiger partial charge in [-0.05, 0) is 47.2 Å². The van der Waals surface area contributed by atoms with E-state index in [0.717, 1.165) is 26.8 Å².